The van der Waals surface area contributed by atoms with Gasteiger partial charge in [0.1, 0.15) is 18.8 Å². The number of benzene rings is 2. The van der Waals surface area contributed by atoms with Crippen LogP contribution in [0.4, 0.5) is 5.69 Å². The number of quaternary nitrogens is 1. The summed E-state index contributed by atoms with van der Waals surface area (Å²) in [4.78, 5) is 39.8. The predicted molar refractivity (Wildman–Crippen MR) is 124 cm³/mol. The van der Waals surface area contributed by atoms with Gasteiger partial charge in [-0.2, -0.15) is 0 Å². The molecule has 0 spiro atoms. The van der Waals surface area contributed by atoms with Gasteiger partial charge in [-0.1, -0.05) is 24.0 Å². The lowest BCUT2D eigenvalue weighted by atomic mass is 9.93. The van der Waals surface area contributed by atoms with Gasteiger partial charge in [0, 0.05) is 17.7 Å². The summed E-state index contributed by atoms with van der Waals surface area (Å²) in [6, 6.07) is 9.59. The largest absolute Gasteiger partial charge is 0.872 e. The number of hydrogen-bond donors (Lipinski definition) is 1. The van der Waals surface area contributed by atoms with Crippen LogP contribution in [0.25, 0.3) is 5.76 Å². The first kappa shape index (κ1) is 24.4. The summed E-state index contributed by atoms with van der Waals surface area (Å²) in [6.45, 7) is 5.30. The van der Waals surface area contributed by atoms with Crippen LogP contribution in [0.3, 0.4) is 0 Å². The second-order valence-electron chi connectivity index (χ2n) is 8.62. The number of ether oxygens (including phenoxy) is 2. The third-order valence-electron chi connectivity index (χ3n) is 6.51. The van der Waals surface area contributed by atoms with E-state index in [9.17, 15) is 24.8 Å². The molecule has 0 aromatic heterocycles. The number of nitrogens with one attached hydrogen (secondary N) is 1. The van der Waals surface area contributed by atoms with E-state index in [1.54, 1.807) is 31.2 Å². The molecule has 2 saturated heterocycles. The number of non-ortho nitro benzene ring substituents is 1. The van der Waals surface area contributed by atoms with E-state index in [4.69, 9.17) is 9.47 Å². The third-order valence-corrected chi connectivity index (χ3v) is 6.51. The highest BCUT2D eigenvalue weighted by Gasteiger charge is 2.45. The molecule has 0 saturated carbocycles. The average molecular weight is 482 g/mol. The number of ketones is 1. The summed E-state index contributed by atoms with van der Waals surface area (Å²) in [5.41, 5.74) is 0.847. The number of morpholine rings is 1. The van der Waals surface area contributed by atoms with E-state index in [0.717, 1.165) is 13.1 Å². The molecule has 2 aromatic carbocycles. The van der Waals surface area contributed by atoms with Gasteiger partial charge in [-0.15, -0.1) is 0 Å². The van der Waals surface area contributed by atoms with E-state index < -0.39 is 28.4 Å². The molecule has 184 valence electrons. The summed E-state index contributed by atoms with van der Waals surface area (Å²) in [6.07, 6.45) is 0. The number of nitro groups is 1. The second-order valence-corrected chi connectivity index (χ2v) is 8.62. The van der Waals surface area contributed by atoms with E-state index in [0.29, 0.717) is 36.6 Å². The number of methoxy groups -OCH3 is 1. The quantitative estimate of drug-likeness (QED) is 0.195. The summed E-state index contributed by atoms with van der Waals surface area (Å²) >= 11 is 0. The van der Waals surface area contributed by atoms with E-state index in [1.807, 2.05) is 0 Å². The number of likely N-dealkylation sites (tertiary alicyclic amines) is 1. The maximum absolute atomic E-state index is 13.6. The van der Waals surface area contributed by atoms with Crippen LogP contribution in [0.2, 0.25) is 0 Å². The third kappa shape index (κ3) is 4.89. The molecule has 1 amide bonds. The van der Waals surface area contributed by atoms with Crippen molar-refractivity contribution in [2.24, 2.45) is 0 Å². The Balaban J connectivity index is 1.79. The van der Waals surface area contributed by atoms with Gasteiger partial charge < -0.3 is 24.4 Å². The fourth-order valence-corrected chi connectivity index (χ4v) is 4.61. The van der Waals surface area contributed by atoms with Crippen LogP contribution in [0, 0.1) is 17.0 Å². The van der Waals surface area contributed by atoms with E-state index in [-0.39, 0.29) is 23.4 Å². The Morgan fingerprint density at radius 1 is 1.20 bits per heavy atom. The lowest BCUT2D eigenvalue weighted by molar-refractivity contribution is -0.907. The standard InChI is InChI=1S/C25H27N3O7/c1-16-14-19(34-2)6-7-20(16)23(29)21-22(17-4-3-5-18(15-17)28(32)33)27(25(31)24(21)30)9-8-26-10-12-35-13-11-26/h3-7,14-15,22,29H,8-13H2,1-2H3/b23-21+. The molecule has 2 heterocycles. The summed E-state index contributed by atoms with van der Waals surface area (Å²) in [5.74, 6) is -1.66. The van der Waals surface area contributed by atoms with Crippen molar-refractivity contribution in [3.8, 4) is 5.75 Å². The van der Waals surface area contributed by atoms with Crippen LogP contribution in [-0.2, 0) is 14.3 Å². The van der Waals surface area contributed by atoms with Crippen LogP contribution >= 0.6 is 0 Å². The zero-order valence-electron chi connectivity index (χ0n) is 19.6. The van der Waals surface area contributed by atoms with Crippen LogP contribution in [0.5, 0.6) is 5.75 Å². The second kappa shape index (κ2) is 10.2. The summed E-state index contributed by atoms with van der Waals surface area (Å²) in [7, 11) is 1.51. The average Bonchev–Trinajstić information content (AvgIpc) is 3.12. The lowest BCUT2D eigenvalue weighted by Gasteiger charge is -2.30. The fraction of sp³-hybridized carbons (Fsp3) is 0.360. The van der Waals surface area contributed by atoms with E-state index in [1.165, 1.54) is 35.1 Å². The highest BCUT2D eigenvalue weighted by Crippen LogP contribution is 2.39. The van der Waals surface area contributed by atoms with Gasteiger partial charge in [0.05, 0.1) is 44.4 Å². The van der Waals surface area contributed by atoms with Gasteiger partial charge in [0.2, 0.25) is 5.78 Å². The maximum Gasteiger partial charge on any atom is 0.295 e. The Labute approximate surface area is 202 Å². The monoisotopic (exact) mass is 481 g/mol. The van der Waals surface area contributed by atoms with Crippen molar-refractivity contribution in [3.63, 3.8) is 0 Å². The molecule has 1 atom stereocenters. The van der Waals surface area contributed by atoms with Crippen molar-refractivity contribution in [3.05, 3.63) is 74.8 Å². The summed E-state index contributed by atoms with van der Waals surface area (Å²) < 4.78 is 10.6. The Morgan fingerprint density at radius 3 is 2.60 bits per heavy atom. The van der Waals surface area contributed by atoms with Gasteiger partial charge in [0.25, 0.3) is 11.6 Å². The molecule has 0 aliphatic carbocycles. The van der Waals surface area contributed by atoms with Gasteiger partial charge in [-0.3, -0.25) is 19.7 Å². The van der Waals surface area contributed by atoms with Crippen molar-refractivity contribution in [1.29, 1.82) is 0 Å². The normalized spacial score (nSPS) is 20.3. The number of hydrogen-bond acceptors (Lipinski definition) is 7. The molecular formula is C25H27N3O7. The van der Waals surface area contributed by atoms with Crippen LogP contribution in [0.1, 0.15) is 22.7 Å². The molecule has 1 unspecified atom stereocenters. The number of Topliss-reactive ketones (excluding diaryl/α,β-unsaturated/α-hetero) is 1. The molecule has 2 aromatic rings. The Morgan fingerprint density at radius 2 is 1.94 bits per heavy atom. The van der Waals surface area contributed by atoms with Gasteiger partial charge in [0.15, 0.2) is 0 Å². The SMILES string of the molecule is COc1ccc(/C([O-])=C2\C(=O)C(=O)N(CC[NH+]3CCOCC3)C2c2cccc([N+](=O)[O-])c2)c(C)c1. The fourth-order valence-electron chi connectivity index (χ4n) is 4.61. The Kier molecular flexibility index (Phi) is 7.13. The van der Waals surface area contributed by atoms with Gasteiger partial charge in [-0.25, -0.2) is 0 Å². The molecule has 4 rings (SSSR count). The Hall–Kier alpha value is -3.76. The molecule has 0 radical (unpaired) electrons. The summed E-state index contributed by atoms with van der Waals surface area (Å²) in [5, 5.41) is 25.1. The number of nitro benzene ring substituents is 1. The minimum absolute atomic E-state index is 0.180. The first-order chi connectivity index (χ1) is 16.8. The lowest BCUT2D eigenvalue weighted by Crippen LogP contribution is -3.14. The van der Waals surface area contributed by atoms with Gasteiger partial charge >= 0.3 is 0 Å². The minimum Gasteiger partial charge on any atom is -0.872 e. The first-order valence-electron chi connectivity index (χ1n) is 11.4. The van der Waals surface area contributed by atoms with Crippen molar-refractivity contribution < 1.29 is 34.0 Å². The molecule has 2 fully saturated rings. The molecule has 10 heteroatoms. The molecule has 2 aliphatic rings. The van der Waals surface area contributed by atoms with Crippen molar-refractivity contribution >= 4 is 23.1 Å². The minimum atomic E-state index is -1.01. The van der Waals surface area contributed by atoms with Crippen molar-refractivity contribution in [1.82, 2.24) is 4.90 Å². The zero-order valence-corrected chi connectivity index (χ0v) is 19.6. The number of nitrogens with zero attached hydrogens (tertiary/aromatic N) is 2. The van der Waals surface area contributed by atoms with E-state index >= 15 is 0 Å². The van der Waals surface area contributed by atoms with Crippen LogP contribution in [0.15, 0.2) is 48.0 Å². The van der Waals surface area contributed by atoms with Crippen LogP contribution < -0.4 is 14.7 Å². The molecular weight excluding hydrogens is 454 g/mol. The topological polar surface area (TPSA) is 126 Å². The molecule has 1 N–H and O–H groups in total. The zero-order chi connectivity index (χ0) is 25.1. The number of carbonyl (C=O) groups excluding carboxylic acids is 2. The molecule has 10 nitrogen and oxygen atoms in total. The number of rotatable bonds is 7. The molecule has 2 aliphatic heterocycles. The smallest absolute Gasteiger partial charge is 0.295 e. The van der Waals surface area contributed by atoms with Crippen LogP contribution in [-0.4, -0.2) is 68.0 Å². The molecule has 0 bridgehead atoms. The predicted octanol–water partition coefficient (Wildman–Crippen LogP) is 0.0509. The van der Waals surface area contributed by atoms with Crippen molar-refractivity contribution in [2.75, 3.05) is 46.5 Å². The van der Waals surface area contributed by atoms with Gasteiger partial charge in [-0.05, 0) is 35.7 Å². The van der Waals surface area contributed by atoms with Crippen molar-refractivity contribution in [2.45, 2.75) is 13.0 Å². The Bertz CT molecular complexity index is 1190. The highest BCUT2D eigenvalue weighted by molar-refractivity contribution is 6.46. The van der Waals surface area contributed by atoms with E-state index in [2.05, 4.69) is 0 Å². The number of carbonyl (C=O) groups is 2. The maximum atomic E-state index is 13.6. The first-order valence-corrected chi connectivity index (χ1v) is 11.4. The number of amides is 1. The molecule has 35 heavy (non-hydrogen) atoms. The number of aryl methyl sites for hydroxylation is 1. The highest BCUT2D eigenvalue weighted by atomic mass is 16.6.